The van der Waals surface area contributed by atoms with Gasteiger partial charge in [-0.3, -0.25) is 5.32 Å². The number of ether oxygens (including phenoxy) is 1. The van der Waals surface area contributed by atoms with Gasteiger partial charge in [0.15, 0.2) is 0 Å². The van der Waals surface area contributed by atoms with Gasteiger partial charge in [0.25, 0.3) is 0 Å². The molecule has 0 spiro atoms. The van der Waals surface area contributed by atoms with Crippen molar-refractivity contribution < 1.29 is 9.53 Å². The lowest BCUT2D eigenvalue weighted by atomic mass is 10.1. The van der Waals surface area contributed by atoms with Gasteiger partial charge in [-0.2, -0.15) is 0 Å². The maximum absolute atomic E-state index is 11.5. The Balaban J connectivity index is 2.51. The van der Waals surface area contributed by atoms with Crippen molar-refractivity contribution in [3.63, 3.8) is 0 Å². The van der Waals surface area contributed by atoms with E-state index in [4.69, 9.17) is 4.74 Å². The number of allylic oxidation sites excluding steroid dienone is 2. The summed E-state index contributed by atoms with van der Waals surface area (Å²) in [6.07, 6.45) is 6.93. The van der Waals surface area contributed by atoms with Crippen LogP contribution in [0.3, 0.4) is 0 Å². The summed E-state index contributed by atoms with van der Waals surface area (Å²) in [6.45, 7) is 7.35. The summed E-state index contributed by atoms with van der Waals surface area (Å²) in [4.78, 5) is 11.5. The van der Waals surface area contributed by atoms with Crippen LogP contribution in [0.1, 0.15) is 27.7 Å². The first-order chi connectivity index (χ1) is 6.81. The van der Waals surface area contributed by atoms with Crippen LogP contribution in [0.4, 0.5) is 4.79 Å². The molecular weight excluding hydrogens is 192 g/mol. The first-order valence-corrected chi connectivity index (χ1v) is 4.94. The Kier molecular flexibility index (Phi) is 3.07. The Morgan fingerprint density at radius 3 is 2.53 bits per heavy atom. The molecule has 0 aliphatic carbocycles. The molecule has 1 aliphatic rings. The number of alkyl carbamates (subject to hydrolysis) is 1. The van der Waals surface area contributed by atoms with Gasteiger partial charge in [-0.25, -0.2) is 4.79 Å². The van der Waals surface area contributed by atoms with Crippen LogP contribution in [-0.2, 0) is 4.74 Å². The lowest BCUT2D eigenvalue weighted by Crippen LogP contribution is -2.55. The maximum atomic E-state index is 11.5. The van der Waals surface area contributed by atoms with Crippen LogP contribution in [0.2, 0.25) is 0 Å². The average molecular weight is 210 g/mol. The number of rotatable bonds is 1. The standard InChI is InChI=1S/C11H18N2O2/c1-10(2,3)15-9(14)13-11(4)7-5-6-8-12-11/h5-8,12H,1-4H3,(H,13,14). The van der Waals surface area contributed by atoms with Crippen molar-refractivity contribution in [3.8, 4) is 0 Å². The minimum absolute atomic E-state index is 0.433. The smallest absolute Gasteiger partial charge is 0.409 e. The Bertz CT molecular complexity index is 302. The topological polar surface area (TPSA) is 50.4 Å². The van der Waals surface area contributed by atoms with Gasteiger partial charge in [0.05, 0.1) is 0 Å². The van der Waals surface area contributed by atoms with Crippen LogP contribution >= 0.6 is 0 Å². The molecule has 0 saturated heterocycles. The number of hydrogen-bond acceptors (Lipinski definition) is 3. The molecule has 2 N–H and O–H groups in total. The van der Waals surface area contributed by atoms with E-state index in [0.717, 1.165) is 0 Å². The Morgan fingerprint density at radius 1 is 1.40 bits per heavy atom. The summed E-state index contributed by atoms with van der Waals surface area (Å²) in [5.41, 5.74) is -1.05. The minimum atomic E-state index is -0.572. The van der Waals surface area contributed by atoms with Crippen molar-refractivity contribution in [1.29, 1.82) is 0 Å². The van der Waals surface area contributed by atoms with Crippen molar-refractivity contribution in [1.82, 2.24) is 10.6 Å². The molecule has 0 saturated carbocycles. The molecule has 15 heavy (non-hydrogen) atoms. The largest absolute Gasteiger partial charge is 0.444 e. The molecule has 1 aliphatic heterocycles. The van der Waals surface area contributed by atoms with Crippen molar-refractivity contribution in [2.75, 3.05) is 0 Å². The fraction of sp³-hybridized carbons (Fsp3) is 0.545. The average Bonchev–Trinajstić information content (AvgIpc) is 1.99. The van der Waals surface area contributed by atoms with Crippen LogP contribution in [0, 0.1) is 0 Å². The van der Waals surface area contributed by atoms with Gasteiger partial charge in [-0.15, -0.1) is 0 Å². The van der Waals surface area contributed by atoms with Gasteiger partial charge < -0.3 is 10.1 Å². The number of dihydropyridines is 1. The summed E-state index contributed by atoms with van der Waals surface area (Å²) < 4.78 is 5.16. The molecule has 1 rings (SSSR count). The molecule has 1 amide bonds. The number of amides is 1. The molecule has 0 bridgehead atoms. The SMILES string of the molecule is CC1(NC(=O)OC(C)(C)C)C=CC=CN1. The summed E-state index contributed by atoms with van der Waals surface area (Å²) in [7, 11) is 0. The normalized spacial score (nSPS) is 24.5. The van der Waals surface area contributed by atoms with Crippen LogP contribution in [0.5, 0.6) is 0 Å². The predicted octanol–water partition coefficient (Wildman–Crippen LogP) is 1.90. The van der Waals surface area contributed by atoms with Crippen LogP contribution in [0.25, 0.3) is 0 Å². The quantitative estimate of drug-likeness (QED) is 0.695. The third kappa shape index (κ3) is 4.06. The first-order valence-electron chi connectivity index (χ1n) is 4.94. The van der Waals surface area contributed by atoms with E-state index in [0.29, 0.717) is 0 Å². The minimum Gasteiger partial charge on any atom is -0.444 e. The number of carbonyl (C=O) groups is 1. The fourth-order valence-corrected chi connectivity index (χ4v) is 1.17. The van der Waals surface area contributed by atoms with E-state index in [1.54, 1.807) is 6.20 Å². The maximum Gasteiger partial charge on any atom is 0.409 e. The van der Waals surface area contributed by atoms with Gasteiger partial charge in [0.1, 0.15) is 11.3 Å². The highest BCUT2D eigenvalue weighted by Gasteiger charge is 2.25. The van der Waals surface area contributed by atoms with E-state index in [1.807, 2.05) is 45.9 Å². The second-order valence-corrected chi connectivity index (χ2v) is 4.69. The summed E-state index contributed by atoms with van der Waals surface area (Å²) in [5, 5.41) is 5.77. The monoisotopic (exact) mass is 210 g/mol. The molecule has 1 unspecified atom stereocenters. The second-order valence-electron chi connectivity index (χ2n) is 4.69. The molecule has 4 nitrogen and oxygen atoms in total. The predicted molar refractivity (Wildman–Crippen MR) is 59.2 cm³/mol. The number of carbonyl (C=O) groups excluding carboxylic acids is 1. The van der Waals surface area contributed by atoms with Gasteiger partial charge in [0.2, 0.25) is 0 Å². The molecule has 0 aromatic heterocycles. The Morgan fingerprint density at radius 2 is 2.07 bits per heavy atom. The highest BCUT2D eigenvalue weighted by atomic mass is 16.6. The molecule has 4 heteroatoms. The molecule has 0 radical (unpaired) electrons. The van der Waals surface area contributed by atoms with E-state index in [2.05, 4.69) is 10.6 Å². The van der Waals surface area contributed by atoms with Crippen LogP contribution < -0.4 is 10.6 Å². The summed E-state index contributed by atoms with van der Waals surface area (Å²) in [6, 6.07) is 0. The molecule has 84 valence electrons. The summed E-state index contributed by atoms with van der Waals surface area (Å²) >= 11 is 0. The number of nitrogens with one attached hydrogen (secondary N) is 2. The number of hydrogen-bond donors (Lipinski definition) is 2. The Hall–Kier alpha value is -1.45. The van der Waals surface area contributed by atoms with Crippen molar-refractivity contribution >= 4 is 6.09 Å². The third-order valence-corrected chi connectivity index (χ3v) is 1.78. The van der Waals surface area contributed by atoms with Crippen molar-refractivity contribution in [2.45, 2.75) is 39.0 Å². The van der Waals surface area contributed by atoms with Crippen LogP contribution in [-0.4, -0.2) is 17.4 Å². The molecule has 0 fully saturated rings. The summed E-state index contributed by atoms with van der Waals surface area (Å²) in [5.74, 6) is 0. The first kappa shape index (κ1) is 11.6. The third-order valence-electron chi connectivity index (χ3n) is 1.78. The highest BCUT2D eigenvalue weighted by molar-refractivity contribution is 5.69. The van der Waals surface area contributed by atoms with Gasteiger partial charge in [-0.1, -0.05) is 6.08 Å². The molecule has 1 heterocycles. The van der Waals surface area contributed by atoms with E-state index >= 15 is 0 Å². The van der Waals surface area contributed by atoms with Gasteiger partial charge in [0, 0.05) is 0 Å². The highest BCUT2D eigenvalue weighted by Crippen LogP contribution is 2.10. The second kappa shape index (κ2) is 3.96. The molecule has 0 aromatic carbocycles. The van der Waals surface area contributed by atoms with Gasteiger partial charge in [-0.05, 0) is 46.0 Å². The van der Waals surface area contributed by atoms with E-state index in [9.17, 15) is 4.79 Å². The van der Waals surface area contributed by atoms with E-state index in [1.165, 1.54) is 0 Å². The zero-order chi connectivity index (χ0) is 11.5. The van der Waals surface area contributed by atoms with Crippen molar-refractivity contribution in [2.24, 2.45) is 0 Å². The molecule has 0 aromatic rings. The lowest BCUT2D eigenvalue weighted by Gasteiger charge is -2.31. The van der Waals surface area contributed by atoms with Crippen molar-refractivity contribution in [3.05, 3.63) is 24.4 Å². The van der Waals surface area contributed by atoms with E-state index in [-0.39, 0.29) is 0 Å². The molecule has 1 atom stereocenters. The zero-order valence-electron chi connectivity index (χ0n) is 9.63. The fourth-order valence-electron chi connectivity index (χ4n) is 1.17. The van der Waals surface area contributed by atoms with Gasteiger partial charge >= 0.3 is 6.09 Å². The van der Waals surface area contributed by atoms with E-state index < -0.39 is 17.4 Å². The lowest BCUT2D eigenvalue weighted by molar-refractivity contribution is 0.0475. The Labute approximate surface area is 90.4 Å². The zero-order valence-corrected chi connectivity index (χ0v) is 9.63. The molecular formula is C11H18N2O2. The van der Waals surface area contributed by atoms with Crippen LogP contribution in [0.15, 0.2) is 24.4 Å².